The van der Waals surface area contributed by atoms with Gasteiger partial charge in [0.25, 0.3) is 0 Å². The molecule has 1 aromatic rings. The minimum absolute atomic E-state index is 0.141. The average Bonchev–Trinajstić information content (AvgIpc) is 2.94. The molecule has 0 bridgehead atoms. The Morgan fingerprint density at radius 1 is 1.37 bits per heavy atom. The molecule has 1 N–H and O–H groups in total. The first-order chi connectivity index (χ1) is 9.10. The number of rotatable bonds is 4. The van der Waals surface area contributed by atoms with Crippen LogP contribution in [0.4, 0.5) is 0 Å². The van der Waals surface area contributed by atoms with E-state index in [0.29, 0.717) is 17.0 Å². The lowest BCUT2D eigenvalue weighted by molar-refractivity contribution is -0.132. The molecule has 1 aliphatic rings. The van der Waals surface area contributed by atoms with Gasteiger partial charge < -0.3 is 10.1 Å². The Kier molecular flexibility index (Phi) is 3.85. The van der Waals surface area contributed by atoms with E-state index in [1.165, 1.54) is 13.2 Å². The van der Waals surface area contributed by atoms with Crippen LogP contribution in [0.5, 0.6) is 0 Å². The summed E-state index contributed by atoms with van der Waals surface area (Å²) < 4.78 is 5.18. The standard InChI is InChI=1S/C14H15NO3S/c1-8(11-5-4-6-19-11)12-13(15-2)10(18-3)7-9(16)14(12)17/h4-8,15H,1-3H3. The number of ether oxygens (including phenoxy) is 1. The van der Waals surface area contributed by atoms with Gasteiger partial charge in [-0.15, -0.1) is 11.3 Å². The van der Waals surface area contributed by atoms with Crippen LogP contribution < -0.4 is 5.32 Å². The summed E-state index contributed by atoms with van der Waals surface area (Å²) in [6.07, 6.45) is 1.23. The number of nitrogens with one attached hydrogen (secondary N) is 1. The van der Waals surface area contributed by atoms with E-state index in [1.807, 2.05) is 24.4 Å². The molecule has 2 rings (SSSR count). The Morgan fingerprint density at radius 2 is 2.11 bits per heavy atom. The maximum atomic E-state index is 12.1. The number of carbonyl (C=O) groups excluding carboxylic acids is 2. The molecule has 19 heavy (non-hydrogen) atoms. The summed E-state index contributed by atoms with van der Waals surface area (Å²) in [5, 5.41) is 4.92. The number of thiophene rings is 1. The predicted molar refractivity (Wildman–Crippen MR) is 73.9 cm³/mol. The highest BCUT2D eigenvalue weighted by atomic mass is 32.1. The number of allylic oxidation sites excluding steroid dienone is 2. The fraction of sp³-hybridized carbons (Fsp3) is 0.286. The van der Waals surface area contributed by atoms with Crippen molar-refractivity contribution in [3.8, 4) is 0 Å². The van der Waals surface area contributed by atoms with Gasteiger partial charge in [0.1, 0.15) is 5.76 Å². The summed E-state index contributed by atoms with van der Waals surface area (Å²) in [7, 11) is 3.20. The molecule has 0 aliphatic heterocycles. The van der Waals surface area contributed by atoms with Gasteiger partial charge in [-0.05, 0) is 11.4 Å². The molecule has 0 saturated carbocycles. The van der Waals surface area contributed by atoms with Crippen molar-refractivity contribution < 1.29 is 14.3 Å². The third kappa shape index (κ3) is 2.33. The van der Waals surface area contributed by atoms with Crippen molar-refractivity contribution in [1.82, 2.24) is 5.32 Å². The van der Waals surface area contributed by atoms with Crippen LogP contribution in [0.1, 0.15) is 17.7 Å². The number of hydrogen-bond donors (Lipinski definition) is 1. The van der Waals surface area contributed by atoms with E-state index >= 15 is 0 Å². The van der Waals surface area contributed by atoms with E-state index in [-0.39, 0.29) is 5.92 Å². The molecular weight excluding hydrogens is 262 g/mol. The molecule has 1 aliphatic carbocycles. The summed E-state index contributed by atoms with van der Waals surface area (Å²) in [5.74, 6) is -0.733. The van der Waals surface area contributed by atoms with Gasteiger partial charge in [0.05, 0.1) is 12.8 Å². The second-order valence-electron chi connectivity index (χ2n) is 4.18. The molecule has 4 nitrogen and oxygen atoms in total. The van der Waals surface area contributed by atoms with Crippen LogP contribution in [0.2, 0.25) is 0 Å². The summed E-state index contributed by atoms with van der Waals surface area (Å²) in [5.41, 5.74) is 1.06. The Labute approximate surface area is 115 Å². The molecule has 0 aromatic carbocycles. The van der Waals surface area contributed by atoms with Gasteiger partial charge in [0.2, 0.25) is 11.6 Å². The molecule has 0 spiro atoms. The minimum atomic E-state index is -0.533. The monoisotopic (exact) mass is 277 g/mol. The number of ketones is 2. The van der Waals surface area contributed by atoms with E-state index in [4.69, 9.17) is 4.74 Å². The van der Waals surface area contributed by atoms with Gasteiger partial charge in [0, 0.05) is 29.5 Å². The predicted octanol–water partition coefficient (Wildman–Crippen LogP) is 2.01. The maximum Gasteiger partial charge on any atom is 0.231 e. The van der Waals surface area contributed by atoms with Gasteiger partial charge in [0.15, 0.2) is 0 Å². The summed E-state index contributed by atoms with van der Waals surface area (Å²) in [6.45, 7) is 1.92. The van der Waals surface area contributed by atoms with Crippen LogP contribution in [-0.4, -0.2) is 25.7 Å². The van der Waals surface area contributed by atoms with Crippen LogP contribution in [0.25, 0.3) is 0 Å². The Morgan fingerprint density at radius 3 is 2.63 bits per heavy atom. The van der Waals surface area contributed by atoms with Crippen LogP contribution in [-0.2, 0) is 14.3 Å². The van der Waals surface area contributed by atoms with Crippen LogP contribution in [0.15, 0.2) is 40.6 Å². The molecule has 0 fully saturated rings. The fourth-order valence-electron chi connectivity index (χ4n) is 2.15. The Bertz CT molecular complexity index is 570. The number of hydrogen-bond acceptors (Lipinski definition) is 5. The fourth-order valence-corrected chi connectivity index (χ4v) is 2.94. The molecule has 1 aromatic heterocycles. The highest BCUT2D eigenvalue weighted by Crippen LogP contribution is 2.33. The number of Topliss-reactive ketones (excluding diaryl/α,β-unsaturated/α-hetero) is 1. The van der Waals surface area contributed by atoms with Gasteiger partial charge in [-0.25, -0.2) is 0 Å². The first kappa shape index (κ1) is 13.5. The summed E-state index contributed by atoms with van der Waals surface area (Å²) >= 11 is 1.56. The van der Waals surface area contributed by atoms with E-state index < -0.39 is 11.6 Å². The van der Waals surface area contributed by atoms with E-state index in [1.54, 1.807) is 18.4 Å². The van der Waals surface area contributed by atoms with Crippen molar-refractivity contribution in [1.29, 1.82) is 0 Å². The van der Waals surface area contributed by atoms with Gasteiger partial charge in [-0.1, -0.05) is 13.0 Å². The highest BCUT2D eigenvalue weighted by molar-refractivity contribution is 7.10. The first-order valence-corrected chi connectivity index (χ1v) is 6.78. The normalized spacial score (nSPS) is 17.3. The van der Waals surface area contributed by atoms with Crippen LogP contribution >= 0.6 is 11.3 Å². The zero-order valence-corrected chi connectivity index (χ0v) is 11.8. The van der Waals surface area contributed by atoms with Gasteiger partial charge >= 0.3 is 0 Å². The van der Waals surface area contributed by atoms with E-state index in [2.05, 4.69) is 5.32 Å². The van der Waals surface area contributed by atoms with Crippen molar-refractivity contribution in [3.63, 3.8) is 0 Å². The van der Waals surface area contributed by atoms with Crippen LogP contribution in [0, 0.1) is 0 Å². The van der Waals surface area contributed by atoms with Gasteiger partial charge in [-0.3, -0.25) is 9.59 Å². The lowest BCUT2D eigenvalue weighted by Crippen LogP contribution is -2.29. The van der Waals surface area contributed by atoms with Crippen molar-refractivity contribution in [2.45, 2.75) is 12.8 Å². The number of carbonyl (C=O) groups is 2. The van der Waals surface area contributed by atoms with Crippen LogP contribution in [0.3, 0.4) is 0 Å². The number of likely N-dealkylation sites (N-methyl/N-ethyl adjacent to an activating group) is 1. The highest BCUT2D eigenvalue weighted by Gasteiger charge is 2.33. The largest absolute Gasteiger partial charge is 0.494 e. The third-order valence-corrected chi connectivity index (χ3v) is 4.17. The summed E-state index contributed by atoms with van der Waals surface area (Å²) in [4.78, 5) is 24.9. The molecule has 0 saturated heterocycles. The molecular formula is C14H15NO3S. The molecule has 1 heterocycles. The summed E-state index contributed by atoms with van der Waals surface area (Å²) in [6, 6.07) is 3.89. The quantitative estimate of drug-likeness (QED) is 0.675. The topological polar surface area (TPSA) is 55.4 Å². The number of methoxy groups -OCH3 is 1. The van der Waals surface area contributed by atoms with Crippen molar-refractivity contribution in [2.24, 2.45) is 0 Å². The Balaban J connectivity index is 2.54. The van der Waals surface area contributed by atoms with Crippen molar-refractivity contribution >= 4 is 22.9 Å². The lowest BCUT2D eigenvalue weighted by atomic mass is 9.88. The van der Waals surface area contributed by atoms with Crippen molar-refractivity contribution in [3.05, 3.63) is 45.5 Å². The first-order valence-electron chi connectivity index (χ1n) is 5.90. The Hall–Kier alpha value is -1.88. The second kappa shape index (κ2) is 5.40. The molecule has 5 heteroatoms. The molecule has 1 unspecified atom stereocenters. The van der Waals surface area contributed by atoms with Gasteiger partial charge in [-0.2, -0.15) is 0 Å². The molecule has 100 valence electrons. The molecule has 0 radical (unpaired) electrons. The second-order valence-corrected chi connectivity index (χ2v) is 5.16. The smallest absolute Gasteiger partial charge is 0.231 e. The minimum Gasteiger partial charge on any atom is -0.494 e. The van der Waals surface area contributed by atoms with Crippen molar-refractivity contribution in [2.75, 3.05) is 14.2 Å². The SMILES string of the molecule is CNC1=C(C(C)c2cccs2)C(=O)C(=O)C=C1OC. The molecule has 0 amide bonds. The molecule has 1 atom stereocenters. The average molecular weight is 277 g/mol. The third-order valence-electron chi connectivity index (χ3n) is 3.12. The van der Waals surface area contributed by atoms with E-state index in [0.717, 1.165) is 4.88 Å². The zero-order valence-electron chi connectivity index (χ0n) is 11.0. The zero-order chi connectivity index (χ0) is 14.0. The lowest BCUT2D eigenvalue weighted by Gasteiger charge is -2.22. The van der Waals surface area contributed by atoms with E-state index in [9.17, 15) is 9.59 Å². The maximum absolute atomic E-state index is 12.1.